The molecule has 2 aromatic heterocycles. The lowest BCUT2D eigenvalue weighted by atomic mass is 10.4. The Morgan fingerprint density at radius 3 is 2.89 bits per heavy atom. The van der Waals surface area contributed by atoms with Crippen LogP contribution in [0.4, 0.5) is 0 Å². The van der Waals surface area contributed by atoms with E-state index in [2.05, 4.69) is 25.4 Å². The zero-order valence-electron chi connectivity index (χ0n) is 10.7. The van der Waals surface area contributed by atoms with Crippen LogP contribution in [0.15, 0.2) is 29.7 Å². The smallest absolute Gasteiger partial charge is 0.230 e. The molecule has 0 spiro atoms. The Kier molecular flexibility index (Phi) is 4.96. The molecule has 0 unspecified atom stereocenters. The molecule has 2 aromatic rings. The van der Waals surface area contributed by atoms with E-state index in [1.165, 1.54) is 11.8 Å². The van der Waals surface area contributed by atoms with Gasteiger partial charge in [-0.2, -0.15) is 0 Å². The quantitative estimate of drug-likeness (QED) is 0.583. The van der Waals surface area contributed by atoms with Crippen LogP contribution in [0, 0.1) is 0 Å². The maximum atomic E-state index is 11.6. The summed E-state index contributed by atoms with van der Waals surface area (Å²) < 4.78 is 3.64. The van der Waals surface area contributed by atoms with Crippen molar-refractivity contribution >= 4 is 17.7 Å². The molecular formula is C11H16N6OS. The third-order valence-electron chi connectivity index (χ3n) is 2.50. The second-order valence-electron chi connectivity index (χ2n) is 4.00. The van der Waals surface area contributed by atoms with E-state index < -0.39 is 0 Å². The van der Waals surface area contributed by atoms with Crippen molar-refractivity contribution in [1.82, 2.24) is 30.1 Å². The standard InChI is InChI=1S/C11H16N6OS/c1-16-11(13-14-15-16)19-9-10(18)12-5-4-8-17-6-2-3-7-17/h2-3,6-7H,4-5,8-9H2,1H3,(H,12,18). The van der Waals surface area contributed by atoms with E-state index in [1.807, 2.05) is 24.5 Å². The van der Waals surface area contributed by atoms with E-state index in [0.29, 0.717) is 17.5 Å². The Balaban J connectivity index is 1.58. The van der Waals surface area contributed by atoms with Gasteiger partial charge in [0.1, 0.15) is 0 Å². The van der Waals surface area contributed by atoms with Crippen LogP contribution >= 0.6 is 11.8 Å². The maximum absolute atomic E-state index is 11.6. The van der Waals surface area contributed by atoms with Crippen LogP contribution in [-0.2, 0) is 18.4 Å². The van der Waals surface area contributed by atoms with Gasteiger partial charge in [0.05, 0.1) is 5.75 Å². The van der Waals surface area contributed by atoms with Gasteiger partial charge in [-0.3, -0.25) is 4.79 Å². The molecule has 0 fully saturated rings. The van der Waals surface area contributed by atoms with Crippen LogP contribution in [0.1, 0.15) is 6.42 Å². The van der Waals surface area contributed by atoms with Gasteiger partial charge in [-0.15, -0.1) is 5.10 Å². The van der Waals surface area contributed by atoms with Crippen LogP contribution in [0.25, 0.3) is 0 Å². The molecule has 1 amide bonds. The minimum absolute atomic E-state index is 0.000469. The monoisotopic (exact) mass is 280 g/mol. The number of carbonyl (C=O) groups excluding carboxylic acids is 1. The van der Waals surface area contributed by atoms with E-state index in [-0.39, 0.29) is 5.91 Å². The summed E-state index contributed by atoms with van der Waals surface area (Å²) in [6, 6.07) is 3.98. The van der Waals surface area contributed by atoms with Crippen LogP contribution in [0.2, 0.25) is 0 Å². The summed E-state index contributed by atoms with van der Waals surface area (Å²) in [6.45, 7) is 1.59. The molecule has 0 aliphatic carbocycles. The van der Waals surface area contributed by atoms with Crippen molar-refractivity contribution in [3.63, 3.8) is 0 Å². The highest BCUT2D eigenvalue weighted by molar-refractivity contribution is 7.99. The zero-order valence-corrected chi connectivity index (χ0v) is 11.5. The molecule has 0 aliphatic heterocycles. The third kappa shape index (κ3) is 4.40. The molecule has 0 saturated heterocycles. The van der Waals surface area contributed by atoms with Crippen molar-refractivity contribution < 1.29 is 4.79 Å². The number of aromatic nitrogens is 5. The molecule has 0 bridgehead atoms. The fraction of sp³-hybridized carbons (Fsp3) is 0.455. The van der Waals surface area contributed by atoms with Crippen molar-refractivity contribution in [1.29, 1.82) is 0 Å². The van der Waals surface area contributed by atoms with Gasteiger partial charge in [0.15, 0.2) is 0 Å². The average molecular weight is 280 g/mol. The highest BCUT2D eigenvalue weighted by Crippen LogP contribution is 2.11. The Hall–Kier alpha value is -1.83. The number of thioether (sulfide) groups is 1. The predicted octanol–water partition coefficient (Wildman–Crippen LogP) is 0.310. The molecule has 0 aliphatic rings. The lowest BCUT2D eigenvalue weighted by Crippen LogP contribution is -2.26. The van der Waals surface area contributed by atoms with Crippen LogP contribution in [0.3, 0.4) is 0 Å². The highest BCUT2D eigenvalue weighted by Gasteiger charge is 2.06. The first kappa shape index (κ1) is 13.6. The summed E-state index contributed by atoms with van der Waals surface area (Å²) >= 11 is 1.33. The molecular weight excluding hydrogens is 264 g/mol. The number of rotatable bonds is 7. The third-order valence-corrected chi connectivity index (χ3v) is 3.51. The summed E-state index contributed by atoms with van der Waals surface area (Å²) in [6.07, 6.45) is 4.94. The molecule has 1 N–H and O–H groups in total. The zero-order chi connectivity index (χ0) is 13.5. The van der Waals surface area contributed by atoms with Gasteiger partial charge < -0.3 is 9.88 Å². The van der Waals surface area contributed by atoms with E-state index in [1.54, 1.807) is 11.7 Å². The fourth-order valence-electron chi connectivity index (χ4n) is 1.53. The number of hydrogen-bond donors (Lipinski definition) is 1. The van der Waals surface area contributed by atoms with Gasteiger partial charge in [0, 0.05) is 32.5 Å². The minimum Gasteiger partial charge on any atom is -0.355 e. The van der Waals surface area contributed by atoms with Gasteiger partial charge >= 0.3 is 0 Å². The Morgan fingerprint density at radius 2 is 2.21 bits per heavy atom. The molecule has 2 heterocycles. The van der Waals surface area contributed by atoms with Crippen molar-refractivity contribution in [3.05, 3.63) is 24.5 Å². The van der Waals surface area contributed by atoms with Gasteiger partial charge in [-0.1, -0.05) is 11.8 Å². The maximum Gasteiger partial charge on any atom is 0.230 e. The van der Waals surface area contributed by atoms with E-state index >= 15 is 0 Å². The summed E-state index contributed by atoms with van der Waals surface area (Å²) in [5.74, 6) is 0.332. The van der Waals surface area contributed by atoms with Gasteiger partial charge in [0.25, 0.3) is 0 Å². The molecule has 0 saturated carbocycles. The Bertz CT molecular complexity index is 509. The van der Waals surface area contributed by atoms with E-state index in [0.717, 1.165) is 13.0 Å². The van der Waals surface area contributed by atoms with Gasteiger partial charge in [0.2, 0.25) is 11.1 Å². The number of hydrogen-bond acceptors (Lipinski definition) is 5. The van der Waals surface area contributed by atoms with Gasteiger partial charge in [-0.25, -0.2) is 4.68 Å². The average Bonchev–Trinajstić information content (AvgIpc) is 3.04. The molecule has 102 valence electrons. The van der Waals surface area contributed by atoms with Crippen molar-refractivity contribution in [2.75, 3.05) is 12.3 Å². The van der Waals surface area contributed by atoms with Crippen molar-refractivity contribution in [2.24, 2.45) is 7.05 Å². The molecule has 2 rings (SSSR count). The van der Waals surface area contributed by atoms with E-state index in [4.69, 9.17) is 0 Å². The molecule has 0 atom stereocenters. The number of amides is 1. The summed E-state index contributed by atoms with van der Waals surface area (Å²) in [4.78, 5) is 11.6. The summed E-state index contributed by atoms with van der Waals surface area (Å²) in [7, 11) is 1.75. The largest absolute Gasteiger partial charge is 0.355 e. The molecule has 19 heavy (non-hydrogen) atoms. The number of nitrogens with one attached hydrogen (secondary N) is 1. The number of tetrazole rings is 1. The molecule has 7 nitrogen and oxygen atoms in total. The van der Waals surface area contributed by atoms with Crippen LogP contribution in [-0.4, -0.2) is 43.0 Å². The highest BCUT2D eigenvalue weighted by atomic mass is 32.2. The normalized spacial score (nSPS) is 10.6. The molecule has 0 aromatic carbocycles. The predicted molar refractivity (Wildman–Crippen MR) is 71.6 cm³/mol. The Labute approximate surface area is 115 Å². The number of aryl methyl sites for hydroxylation is 2. The first-order chi connectivity index (χ1) is 9.25. The van der Waals surface area contributed by atoms with E-state index in [9.17, 15) is 4.79 Å². The summed E-state index contributed by atoms with van der Waals surface area (Å²) in [5.41, 5.74) is 0. The number of nitrogens with zero attached hydrogens (tertiary/aromatic N) is 5. The SMILES string of the molecule is Cn1nnnc1SCC(=O)NCCCn1cccc1. The van der Waals surface area contributed by atoms with Crippen LogP contribution in [0.5, 0.6) is 0 Å². The summed E-state index contributed by atoms with van der Waals surface area (Å²) in [5, 5.41) is 14.5. The first-order valence-corrected chi connectivity index (χ1v) is 6.97. The van der Waals surface area contributed by atoms with Crippen LogP contribution < -0.4 is 5.32 Å². The second kappa shape index (κ2) is 6.93. The van der Waals surface area contributed by atoms with Crippen molar-refractivity contribution in [3.8, 4) is 0 Å². The molecule has 0 radical (unpaired) electrons. The lowest BCUT2D eigenvalue weighted by Gasteiger charge is -2.05. The van der Waals surface area contributed by atoms with Crippen molar-refractivity contribution in [2.45, 2.75) is 18.1 Å². The second-order valence-corrected chi connectivity index (χ2v) is 4.94. The minimum atomic E-state index is 0.000469. The van der Waals surface area contributed by atoms with Gasteiger partial charge in [-0.05, 0) is 29.0 Å². The first-order valence-electron chi connectivity index (χ1n) is 5.98. The number of carbonyl (C=O) groups is 1. The molecule has 8 heteroatoms. The fourth-order valence-corrected chi connectivity index (χ4v) is 2.21. The lowest BCUT2D eigenvalue weighted by molar-refractivity contribution is -0.118. The Morgan fingerprint density at radius 1 is 1.42 bits per heavy atom. The topological polar surface area (TPSA) is 77.6 Å².